The number of rotatable bonds is 3. The van der Waals surface area contributed by atoms with Crippen LogP contribution in [0.3, 0.4) is 0 Å². The first-order chi connectivity index (χ1) is 15.1. The predicted molar refractivity (Wildman–Crippen MR) is 117 cm³/mol. The summed E-state index contributed by atoms with van der Waals surface area (Å²) in [6.07, 6.45) is 1.29. The van der Waals surface area contributed by atoms with Gasteiger partial charge in [-0.1, -0.05) is 11.6 Å². The molecule has 6 nitrogen and oxygen atoms in total. The highest BCUT2D eigenvalue weighted by Gasteiger charge is 2.29. The summed E-state index contributed by atoms with van der Waals surface area (Å²) < 4.78 is 11.1. The molecule has 0 saturated carbocycles. The van der Waals surface area contributed by atoms with Gasteiger partial charge in [-0.05, 0) is 61.4 Å². The van der Waals surface area contributed by atoms with Crippen LogP contribution in [0.25, 0.3) is 10.9 Å². The molecule has 0 atom stereocenters. The summed E-state index contributed by atoms with van der Waals surface area (Å²) in [5.41, 5.74) is 2.01. The van der Waals surface area contributed by atoms with Gasteiger partial charge in [0, 0.05) is 35.5 Å². The first-order valence-corrected chi connectivity index (χ1v) is 10.8. The number of hydrogen-bond acceptors (Lipinski definition) is 5. The van der Waals surface area contributed by atoms with Crippen molar-refractivity contribution < 1.29 is 19.1 Å². The zero-order chi connectivity index (χ0) is 21.4. The van der Waals surface area contributed by atoms with E-state index in [0.29, 0.717) is 66.9 Å². The molecule has 1 saturated heterocycles. The number of aromatic nitrogens is 1. The van der Waals surface area contributed by atoms with Crippen LogP contribution in [0.2, 0.25) is 5.15 Å². The quantitative estimate of drug-likeness (QED) is 0.449. The number of Topliss-reactive ketones (excluding diaryl/α,β-unsaturated/α-hetero) is 1. The van der Waals surface area contributed by atoms with Gasteiger partial charge in [-0.25, -0.2) is 4.98 Å². The number of piperidine rings is 1. The number of ether oxygens (including phenoxy) is 2. The summed E-state index contributed by atoms with van der Waals surface area (Å²) in [4.78, 5) is 32.0. The number of hydrogen-bond donors (Lipinski definition) is 0. The van der Waals surface area contributed by atoms with Crippen LogP contribution >= 0.6 is 11.6 Å². The molecule has 2 aromatic carbocycles. The highest BCUT2D eigenvalue weighted by Crippen LogP contribution is 2.32. The molecule has 3 heterocycles. The van der Waals surface area contributed by atoms with E-state index in [4.69, 9.17) is 21.1 Å². The molecule has 158 valence electrons. The van der Waals surface area contributed by atoms with Crippen molar-refractivity contribution in [1.82, 2.24) is 9.88 Å². The molecular formula is C24H21ClN2O4. The molecule has 0 spiro atoms. The Labute approximate surface area is 184 Å². The van der Waals surface area contributed by atoms with Gasteiger partial charge >= 0.3 is 0 Å². The van der Waals surface area contributed by atoms with Crippen LogP contribution in [-0.4, -0.2) is 47.9 Å². The zero-order valence-corrected chi connectivity index (χ0v) is 17.6. The number of ketones is 1. The number of carbonyl (C=O) groups excluding carboxylic acids is 2. The number of carbonyl (C=O) groups is 2. The molecule has 5 rings (SSSR count). The highest BCUT2D eigenvalue weighted by molar-refractivity contribution is 6.29. The van der Waals surface area contributed by atoms with Crippen molar-refractivity contribution in [1.29, 1.82) is 0 Å². The van der Waals surface area contributed by atoms with Crippen LogP contribution in [-0.2, 0) is 0 Å². The van der Waals surface area contributed by atoms with Crippen LogP contribution in [0.1, 0.15) is 33.6 Å². The number of fused-ring (bicyclic) bond motifs is 2. The molecule has 0 radical (unpaired) electrons. The summed E-state index contributed by atoms with van der Waals surface area (Å²) in [7, 11) is 0. The molecule has 7 heteroatoms. The van der Waals surface area contributed by atoms with E-state index in [-0.39, 0.29) is 17.6 Å². The molecule has 3 aromatic rings. The van der Waals surface area contributed by atoms with Gasteiger partial charge in [-0.3, -0.25) is 9.59 Å². The average Bonchev–Trinajstić information content (AvgIpc) is 2.82. The Morgan fingerprint density at radius 3 is 2.45 bits per heavy atom. The van der Waals surface area contributed by atoms with Gasteiger partial charge in [0.15, 0.2) is 17.3 Å². The second-order valence-corrected chi connectivity index (χ2v) is 8.22. The van der Waals surface area contributed by atoms with Crippen molar-refractivity contribution in [3.05, 3.63) is 64.8 Å². The molecule has 1 amide bonds. The Balaban J connectivity index is 1.25. The van der Waals surface area contributed by atoms with Crippen LogP contribution in [0.4, 0.5) is 0 Å². The minimum Gasteiger partial charge on any atom is -0.486 e. The number of halogens is 1. The monoisotopic (exact) mass is 436 g/mol. The van der Waals surface area contributed by atoms with E-state index in [9.17, 15) is 9.59 Å². The topological polar surface area (TPSA) is 68.7 Å². The smallest absolute Gasteiger partial charge is 0.253 e. The van der Waals surface area contributed by atoms with Gasteiger partial charge in [0.1, 0.15) is 18.4 Å². The van der Waals surface area contributed by atoms with Crippen molar-refractivity contribution in [2.45, 2.75) is 12.8 Å². The fourth-order valence-corrected chi connectivity index (χ4v) is 4.35. The number of nitrogens with zero attached hydrogens (tertiary/aromatic N) is 2. The van der Waals surface area contributed by atoms with Crippen molar-refractivity contribution in [3.8, 4) is 11.5 Å². The van der Waals surface area contributed by atoms with Crippen LogP contribution in [0, 0.1) is 5.92 Å². The summed E-state index contributed by atoms with van der Waals surface area (Å²) in [5, 5.41) is 1.30. The molecule has 31 heavy (non-hydrogen) atoms. The molecule has 1 fully saturated rings. The maximum atomic E-state index is 13.0. The third-order valence-corrected chi connectivity index (χ3v) is 6.09. The van der Waals surface area contributed by atoms with Crippen LogP contribution < -0.4 is 9.47 Å². The number of benzene rings is 2. The summed E-state index contributed by atoms with van der Waals surface area (Å²) >= 11 is 5.93. The average molecular weight is 437 g/mol. The lowest BCUT2D eigenvalue weighted by Crippen LogP contribution is -2.40. The van der Waals surface area contributed by atoms with Gasteiger partial charge in [0.2, 0.25) is 0 Å². The minimum absolute atomic E-state index is 0.0259. The molecule has 1 aromatic heterocycles. The molecule has 0 aliphatic carbocycles. The van der Waals surface area contributed by atoms with E-state index < -0.39 is 0 Å². The maximum Gasteiger partial charge on any atom is 0.253 e. The number of pyridine rings is 1. The second kappa shape index (κ2) is 8.19. The van der Waals surface area contributed by atoms with Gasteiger partial charge in [-0.2, -0.15) is 0 Å². The normalized spacial score (nSPS) is 16.4. The van der Waals surface area contributed by atoms with Gasteiger partial charge < -0.3 is 14.4 Å². The third kappa shape index (κ3) is 3.95. The Morgan fingerprint density at radius 1 is 0.903 bits per heavy atom. The summed E-state index contributed by atoms with van der Waals surface area (Å²) in [6.45, 7) is 2.12. The molecular weight excluding hydrogens is 416 g/mol. The van der Waals surface area contributed by atoms with Crippen molar-refractivity contribution >= 4 is 34.2 Å². The van der Waals surface area contributed by atoms with Gasteiger partial charge in [0.05, 0.1) is 5.52 Å². The second-order valence-electron chi connectivity index (χ2n) is 7.83. The first kappa shape index (κ1) is 19.8. The summed E-state index contributed by atoms with van der Waals surface area (Å²) in [5.74, 6) is 1.27. The SMILES string of the molecule is O=C(c1ccc2c(c1)OCCO2)C1CCN(C(=O)c2ccc3nc(Cl)ccc3c2)CC1. The first-order valence-electron chi connectivity index (χ1n) is 10.4. The highest BCUT2D eigenvalue weighted by atomic mass is 35.5. The zero-order valence-electron chi connectivity index (χ0n) is 16.8. The Kier molecular flexibility index (Phi) is 5.24. The lowest BCUT2D eigenvalue weighted by atomic mass is 9.88. The molecule has 0 unspecified atom stereocenters. The summed E-state index contributed by atoms with van der Waals surface area (Å²) in [6, 6.07) is 14.4. The molecule has 2 aliphatic heterocycles. The fraction of sp³-hybridized carbons (Fsp3) is 0.292. The molecule has 0 N–H and O–H groups in total. The lowest BCUT2D eigenvalue weighted by molar-refractivity contribution is 0.0650. The van der Waals surface area contributed by atoms with E-state index in [0.717, 1.165) is 10.9 Å². The van der Waals surface area contributed by atoms with Crippen molar-refractivity contribution in [2.75, 3.05) is 26.3 Å². The Hall–Kier alpha value is -3.12. The lowest BCUT2D eigenvalue weighted by Gasteiger charge is -2.31. The maximum absolute atomic E-state index is 13.0. The third-order valence-electron chi connectivity index (χ3n) is 5.88. The minimum atomic E-state index is -0.102. The number of amides is 1. The molecule has 0 bridgehead atoms. The Bertz CT molecular complexity index is 1170. The largest absolute Gasteiger partial charge is 0.486 e. The number of likely N-dealkylation sites (tertiary alicyclic amines) is 1. The van der Waals surface area contributed by atoms with E-state index in [1.165, 1.54) is 0 Å². The van der Waals surface area contributed by atoms with Crippen molar-refractivity contribution in [2.24, 2.45) is 5.92 Å². The predicted octanol–water partition coefficient (Wildman–Crippen LogP) is 4.39. The van der Waals surface area contributed by atoms with E-state index in [1.54, 1.807) is 30.3 Å². The van der Waals surface area contributed by atoms with Crippen molar-refractivity contribution in [3.63, 3.8) is 0 Å². The standard InChI is InChI=1S/C24H21ClN2O4/c25-22-6-3-16-13-18(1-4-19(16)26-22)24(29)27-9-7-15(8-10-27)23(28)17-2-5-20-21(14-17)31-12-11-30-20/h1-6,13-15H,7-12H2. The Morgan fingerprint density at radius 2 is 1.65 bits per heavy atom. The van der Waals surface area contributed by atoms with Gasteiger partial charge in [-0.15, -0.1) is 0 Å². The van der Waals surface area contributed by atoms with E-state index in [2.05, 4.69) is 4.98 Å². The molecule has 2 aliphatic rings. The van der Waals surface area contributed by atoms with Crippen LogP contribution in [0.15, 0.2) is 48.5 Å². The van der Waals surface area contributed by atoms with Gasteiger partial charge in [0.25, 0.3) is 5.91 Å². The van der Waals surface area contributed by atoms with E-state index in [1.807, 2.05) is 23.1 Å². The fourth-order valence-electron chi connectivity index (χ4n) is 4.19. The van der Waals surface area contributed by atoms with Crippen LogP contribution in [0.5, 0.6) is 11.5 Å². The van der Waals surface area contributed by atoms with E-state index >= 15 is 0 Å².